The van der Waals surface area contributed by atoms with Crippen molar-refractivity contribution in [2.24, 2.45) is 0 Å². The highest BCUT2D eigenvalue weighted by molar-refractivity contribution is 5.32. The third-order valence-corrected chi connectivity index (χ3v) is 9.34. The van der Waals surface area contributed by atoms with Gasteiger partial charge in [0.05, 0.1) is 0 Å². The summed E-state index contributed by atoms with van der Waals surface area (Å²) in [7, 11) is 8.00. The highest BCUT2D eigenvalue weighted by Crippen LogP contribution is 2.22. The fraction of sp³-hybridized carbons (Fsp3) is 0.429. The summed E-state index contributed by atoms with van der Waals surface area (Å²) in [5, 5.41) is 4.00. The van der Waals surface area contributed by atoms with Gasteiger partial charge in [-0.25, -0.2) is 10.0 Å². The first-order valence-electron chi connectivity index (χ1n) is 17.1. The second-order valence-electron chi connectivity index (χ2n) is 12.9. The van der Waals surface area contributed by atoms with Crippen molar-refractivity contribution in [2.75, 3.05) is 28.2 Å². The number of fused-ring (bicyclic) bond motifs is 4. The molecule has 0 amide bonds. The monoisotopic (exact) mass is 588 g/mol. The smallest absolute Gasteiger partial charge is 0.00151 e. The normalized spacial score (nSPS) is 15.3. The summed E-state index contributed by atoms with van der Waals surface area (Å²) in [4.78, 5) is 0. The minimum Gasteiger partial charge on any atom is -0.248 e. The number of benzene rings is 4. The van der Waals surface area contributed by atoms with Gasteiger partial charge < -0.3 is 0 Å². The quantitative estimate of drug-likeness (QED) is 0.204. The van der Waals surface area contributed by atoms with Crippen molar-refractivity contribution in [3.8, 4) is 0 Å². The molecule has 0 fully saturated rings. The van der Waals surface area contributed by atoms with Gasteiger partial charge >= 0.3 is 0 Å². The standard InChI is InChI=1S/2C10H12.2C9H10.C4H12N2/c2*1-2-6-10-8-4-3-7-9(10)5-1;2*1-2-5-9-7-3-6-8(9)4-1;1-5(2)6(3)4/h2*1-2,5-6H,3-4,7-8H2;2*1-2,4-5H,3,6-7H2;1-4H3. The third kappa shape index (κ3) is 11.1. The summed E-state index contributed by atoms with van der Waals surface area (Å²) in [5.74, 6) is 0. The summed E-state index contributed by atoms with van der Waals surface area (Å²) in [6.45, 7) is 0. The molecule has 4 aromatic carbocycles. The molecule has 4 aliphatic carbocycles. The molecule has 4 aliphatic rings. The fourth-order valence-corrected chi connectivity index (χ4v) is 6.38. The van der Waals surface area contributed by atoms with Crippen LogP contribution in [0, 0.1) is 0 Å². The molecule has 0 radical (unpaired) electrons. The van der Waals surface area contributed by atoms with Crippen LogP contribution in [0.3, 0.4) is 0 Å². The summed E-state index contributed by atoms with van der Waals surface area (Å²) in [5.41, 5.74) is 12.6. The Bertz CT molecular complexity index is 1180. The zero-order valence-corrected chi connectivity index (χ0v) is 28.0. The van der Waals surface area contributed by atoms with Crippen molar-refractivity contribution in [3.05, 3.63) is 142 Å². The van der Waals surface area contributed by atoms with E-state index in [1.165, 1.54) is 89.9 Å². The van der Waals surface area contributed by atoms with Crippen molar-refractivity contribution in [3.63, 3.8) is 0 Å². The van der Waals surface area contributed by atoms with E-state index in [1.54, 1.807) is 44.5 Å². The molecular formula is C42H56N2. The number of hydrazine groups is 1. The predicted molar refractivity (Wildman–Crippen MR) is 190 cm³/mol. The molecule has 0 spiro atoms. The van der Waals surface area contributed by atoms with Gasteiger partial charge in [-0.05, 0) is 134 Å². The number of rotatable bonds is 1. The van der Waals surface area contributed by atoms with Gasteiger partial charge in [-0.1, -0.05) is 97.1 Å². The van der Waals surface area contributed by atoms with E-state index in [9.17, 15) is 0 Å². The molecule has 2 nitrogen and oxygen atoms in total. The van der Waals surface area contributed by atoms with E-state index < -0.39 is 0 Å². The molecular weight excluding hydrogens is 532 g/mol. The molecule has 0 heterocycles. The van der Waals surface area contributed by atoms with Gasteiger partial charge in [-0.2, -0.15) is 0 Å². The van der Waals surface area contributed by atoms with Crippen LogP contribution < -0.4 is 0 Å². The molecule has 0 saturated heterocycles. The van der Waals surface area contributed by atoms with Crippen LogP contribution in [0.4, 0.5) is 0 Å². The van der Waals surface area contributed by atoms with Crippen LogP contribution in [0.15, 0.2) is 97.1 Å². The Morgan fingerprint density at radius 3 is 0.591 bits per heavy atom. The molecule has 0 aromatic heterocycles. The molecule has 0 atom stereocenters. The Labute approximate surface area is 269 Å². The van der Waals surface area contributed by atoms with Crippen LogP contribution in [-0.4, -0.2) is 38.2 Å². The average molecular weight is 589 g/mol. The summed E-state index contributed by atoms with van der Waals surface area (Å²) in [6.07, 6.45) is 18.7. The molecule has 0 unspecified atom stereocenters. The van der Waals surface area contributed by atoms with E-state index >= 15 is 0 Å². The molecule has 8 rings (SSSR count). The molecule has 44 heavy (non-hydrogen) atoms. The van der Waals surface area contributed by atoms with Gasteiger partial charge in [0.1, 0.15) is 0 Å². The largest absolute Gasteiger partial charge is 0.248 e. The van der Waals surface area contributed by atoms with E-state index in [0.717, 1.165) is 0 Å². The van der Waals surface area contributed by atoms with Gasteiger partial charge in [0.2, 0.25) is 0 Å². The lowest BCUT2D eigenvalue weighted by Crippen LogP contribution is -2.28. The van der Waals surface area contributed by atoms with Gasteiger partial charge in [-0.3, -0.25) is 0 Å². The van der Waals surface area contributed by atoms with Crippen LogP contribution in [0.5, 0.6) is 0 Å². The average Bonchev–Trinajstić information content (AvgIpc) is 3.76. The Hall–Kier alpha value is -3.20. The molecule has 0 saturated carbocycles. The predicted octanol–water partition coefficient (Wildman–Crippen LogP) is 9.51. The molecule has 2 heteroatoms. The zero-order chi connectivity index (χ0) is 31.0. The third-order valence-electron chi connectivity index (χ3n) is 9.34. The highest BCUT2D eigenvalue weighted by Gasteiger charge is 2.09. The minimum absolute atomic E-state index is 1.30. The second kappa shape index (κ2) is 18.6. The maximum absolute atomic E-state index is 2.26. The van der Waals surface area contributed by atoms with Gasteiger partial charge in [0.15, 0.2) is 0 Å². The fourth-order valence-electron chi connectivity index (χ4n) is 6.38. The first-order valence-corrected chi connectivity index (χ1v) is 17.1. The first-order chi connectivity index (χ1) is 21.5. The van der Waals surface area contributed by atoms with Crippen molar-refractivity contribution in [2.45, 2.75) is 89.9 Å². The molecule has 4 aromatic rings. The number of nitrogens with zero attached hydrogens (tertiary/aromatic N) is 2. The van der Waals surface area contributed by atoms with Crippen molar-refractivity contribution >= 4 is 0 Å². The van der Waals surface area contributed by atoms with Crippen LogP contribution in [0.25, 0.3) is 0 Å². The summed E-state index contributed by atoms with van der Waals surface area (Å²) < 4.78 is 0. The second-order valence-corrected chi connectivity index (χ2v) is 12.9. The van der Waals surface area contributed by atoms with Crippen LogP contribution >= 0.6 is 0 Å². The summed E-state index contributed by atoms with van der Waals surface area (Å²) >= 11 is 0. The number of hydrogen-bond donors (Lipinski definition) is 0. The molecule has 234 valence electrons. The number of hydrogen-bond acceptors (Lipinski definition) is 2. The molecule has 0 N–H and O–H groups in total. The Kier molecular flexibility index (Phi) is 14.2. The van der Waals surface area contributed by atoms with Crippen molar-refractivity contribution < 1.29 is 0 Å². The Morgan fingerprint density at radius 2 is 0.432 bits per heavy atom. The van der Waals surface area contributed by atoms with Crippen LogP contribution in [0.1, 0.15) is 83.0 Å². The summed E-state index contributed by atoms with van der Waals surface area (Å²) in [6, 6.07) is 35.1. The topological polar surface area (TPSA) is 6.48 Å². The minimum atomic E-state index is 1.30. The SMILES string of the molecule is CN(C)N(C)C.c1ccc2c(c1)CCC2.c1ccc2c(c1)CCC2.c1ccc2c(c1)CCCC2.c1ccc2c(c1)CCCC2. The maximum atomic E-state index is 2.26. The lowest BCUT2D eigenvalue weighted by Gasteiger charge is -2.17. The lowest BCUT2D eigenvalue weighted by atomic mass is 9.92. The van der Waals surface area contributed by atoms with Gasteiger partial charge in [0, 0.05) is 28.2 Å². The van der Waals surface area contributed by atoms with E-state index in [2.05, 4.69) is 97.1 Å². The molecule has 0 bridgehead atoms. The number of aryl methyl sites for hydroxylation is 8. The first kappa shape index (κ1) is 33.7. The van der Waals surface area contributed by atoms with E-state index in [-0.39, 0.29) is 0 Å². The van der Waals surface area contributed by atoms with Crippen molar-refractivity contribution in [1.82, 2.24) is 10.0 Å². The van der Waals surface area contributed by atoms with E-state index in [1.807, 2.05) is 38.2 Å². The van der Waals surface area contributed by atoms with Crippen LogP contribution in [0.2, 0.25) is 0 Å². The van der Waals surface area contributed by atoms with Crippen molar-refractivity contribution in [1.29, 1.82) is 0 Å². The van der Waals surface area contributed by atoms with E-state index in [4.69, 9.17) is 0 Å². The molecule has 0 aliphatic heterocycles. The van der Waals surface area contributed by atoms with Gasteiger partial charge in [0.25, 0.3) is 0 Å². The Balaban J connectivity index is 0.000000127. The highest BCUT2D eigenvalue weighted by atomic mass is 15.6. The lowest BCUT2D eigenvalue weighted by molar-refractivity contribution is 0.0894. The Morgan fingerprint density at radius 1 is 0.273 bits per heavy atom. The maximum Gasteiger partial charge on any atom is 0.00151 e. The zero-order valence-electron chi connectivity index (χ0n) is 28.0. The van der Waals surface area contributed by atoms with Gasteiger partial charge in [-0.15, -0.1) is 0 Å². The van der Waals surface area contributed by atoms with Crippen LogP contribution in [-0.2, 0) is 51.4 Å². The van der Waals surface area contributed by atoms with E-state index in [0.29, 0.717) is 0 Å².